The Hall–Kier alpha value is -1.75. The third-order valence-corrected chi connectivity index (χ3v) is 2.21. The predicted molar refractivity (Wildman–Crippen MR) is 66.4 cm³/mol. The highest BCUT2D eigenvalue weighted by Crippen LogP contribution is 2.19. The van der Waals surface area contributed by atoms with E-state index in [1.54, 1.807) is 18.2 Å². The Balaban J connectivity index is 2.64. The lowest BCUT2D eigenvalue weighted by Crippen LogP contribution is -2.21. The van der Waals surface area contributed by atoms with E-state index >= 15 is 0 Å². The van der Waals surface area contributed by atoms with E-state index in [0.29, 0.717) is 11.3 Å². The summed E-state index contributed by atoms with van der Waals surface area (Å²) in [5.41, 5.74) is 12.7. The molecule has 0 saturated heterocycles. The van der Waals surface area contributed by atoms with E-state index < -0.39 is 5.91 Å². The van der Waals surface area contributed by atoms with Gasteiger partial charge in [-0.1, -0.05) is 0 Å². The number of anilines is 2. The lowest BCUT2D eigenvalue weighted by molar-refractivity contribution is 0.100. The fraction of sp³-hybridized carbons (Fsp3) is 0.364. The van der Waals surface area contributed by atoms with Crippen molar-refractivity contribution in [3.8, 4) is 0 Å². The van der Waals surface area contributed by atoms with Crippen molar-refractivity contribution in [1.29, 1.82) is 0 Å². The van der Waals surface area contributed by atoms with Gasteiger partial charge in [0.15, 0.2) is 0 Å². The van der Waals surface area contributed by atoms with Crippen molar-refractivity contribution in [3.05, 3.63) is 23.8 Å². The van der Waals surface area contributed by atoms with Crippen molar-refractivity contribution >= 4 is 17.3 Å². The van der Waals surface area contributed by atoms with E-state index in [0.717, 1.165) is 18.8 Å². The Kier molecular flexibility index (Phi) is 4.13. The highest BCUT2D eigenvalue weighted by molar-refractivity contribution is 5.94. The van der Waals surface area contributed by atoms with Crippen molar-refractivity contribution < 1.29 is 4.79 Å². The van der Waals surface area contributed by atoms with Crippen LogP contribution in [0.4, 0.5) is 11.4 Å². The van der Waals surface area contributed by atoms with Gasteiger partial charge in [0.1, 0.15) is 0 Å². The van der Waals surface area contributed by atoms with E-state index in [9.17, 15) is 4.79 Å². The molecule has 1 aromatic rings. The van der Waals surface area contributed by atoms with Gasteiger partial charge in [-0.15, -0.1) is 0 Å². The molecule has 0 heterocycles. The second kappa shape index (κ2) is 5.37. The summed E-state index contributed by atoms with van der Waals surface area (Å²) >= 11 is 0. The van der Waals surface area contributed by atoms with Gasteiger partial charge in [0.2, 0.25) is 5.91 Å². The second-order valence-corrected chi connectivity index (χ2v) is 3.90. The molecule has 0 aromatic heterocycles. The molecular weight excluding hydrogens is 204 g/mol. The minimum absolute atomic E-state index is 0.427. The number of rotatable bonds is 5. The first-order valence-electron chi connectivity index (χ1n) is 5.08. The number of benzene rings is 1. The first-order chi connectivity index (χ1) is 7.50. The number of carbonyl (C=O) groups is 1. The predicted octanol–water partition coefficient (Wildman–Crippen LogP) is 0.341. The van der Waals surface area contributed by atoms with Crippen LogP contribution < -0.4 is 16.8 Å². The van der Waals surface area contributed by atoms with Crippen molar-refractivity contribution in [2.24, 2.45) is 5.73 Å². The third kappa shape index (κ3) is 3.43. The minimum Gasteiger partial charge on any atom is -0.397 e. The number of nitrogens with one attached hydrogen (secondary N) is 1. The first kappa shape index (κ1) is 12.3. The minimum atomic E-state index is -0.466. The van der Waals surface area contributed by atoms with Crippen molar-refractivity contribution in [1.82, 2.24) is 4.90 Å². The maximum absolute atomic E-state index is 10.9. The van der Waals surface area contributed by atoms with Crippen LogP contribution in [-0.4, -0.2) is 38.0 Å². The molecule has 0 bridgehead atoms. The first-order valence-corrected chi connectivity index (χ1v) is 5.08. The summed E-state index contributed by atoms with van der Waals surface area (Å²) in [4.78, 5) is 13.0. The standard InChI is InChI=1S/C11H18N4O/c1-15(2)6-5-14-10-4-3-8(11(13)16)7-9(10)12/h3-4,7,14H,5-6,12H2,1-2H3,(H2,13,16). The van der Waals surface area contributed by atoms with E-state index in [4.69, 9.17) is 11.5 Å². The Bertz CT molecular complexity index is 376. The fourth-order valence-electron chi connectivity index (χ4n) is 1.29. The molecule has 1 amide bonds. The summed E-state index contributed by atoms with van der Waals surface area (Å²) in [7, 11) is 4.00. The topological polar surface area (TPSA) is 84.4 Å². The van der Waals surface area contributed by atoms with Crippen LogP contribution in [0.1, 0.15) is 10.4 Å². The number of hydrogen-bond donors (Lipinski definition) is 3. The monoisotopic (exact) mass is 222 g/mol. The van der Waals surface area contributed by atoms with E-state index in [1.165, 1.54) is 0 Å². The van der Waals surface area contributed by atoms with Crippen LogP contribution in [0.25, 0.3) is 0 Å². The number of nitrogens with zero attached hydrogens (tertiary/aromatic N) is 1. The van der Waals surface area contributed by atoms with Gasteiger partial charge in [0.05, 0.1) is 11.4 Å². The maximum atomic E-state index is 10.9. The molecule has 0 saturated carbocycles. The molecule has 0 aliphatic rings. The number of likely N-dealkylation sites (N-methyl/N-ethyl adjacent to an activating group) is 1. The van der Waals surface area contributed by atoms with Gasteiger partial charge >= 0.3 is 0 Å². The number of primary amides is 1. The molecule has 0 aliphatic heterocycles. The van der Waals surface area contributed by atoms with E-state index in [1.807, 2.05) is 14.1 Å². The molecule has 0 spiro atoms. The molecule has 0 aliphatic carbocycles. The molecule has 16 heavy (non-hydrogen) atoms. The van der Waals surface area contributed by atoms with Crippen LogP contribution in [0, 0.1) is 0 Å². The second-order valence-electron chi connectivity index (χ2n) is 3.90. The molecular formula is C11H18N4O. The molecule has 5 heteroatoms. The summed E-state index contributed by atoms with van der Waals surface area (Å²) in [6.45, 7) is 1.71. The maximum Gasteiger partial charge on any atom is 0.248 e. The van der Waals surface area contributed by atoms with E-state index in [2.05, 4.69) is 10.2 Å². The number of nitrogen functional groups attached to an aromatic ring is 1. The molecule has 1 aromatic carbocycles. The van der Waals surface area contributed by atoms with Gasteiger partial charge in [0.25, 0.3) is 0 Å². The van der Waals surface area contributed by atoms with Crippen LogP contribution >= 0.6 is 0 Å². The lowest BCUT2D eigenvalue weighted by atomic mass is 10.1. The van der Waals surface area contributed by atoms with E-state index in [-0.39, 0.29) is 0 Å². The van der Waals surface area contributed by atoms with Gasteiger partial charge in [0, 0.05) is 18.7 Å². The molecule has 5 nitrogen and oxygen atoms in total. The largest absolute Gasteiger partial charge is 0.397 e. The Morgan fingerprint density at radius 1 is 1.44 bits per heavy atom. The van der Waals surface area contributed by atoms with Gasteiger partial charge in [-0.2, -0.15) is 0 Å². The zero-order valence-corrected chi connectivity index (χ0v) is 9.66. The summed E-state index contributed by atoms with van der Waals surface area (Å²) in [6.07, 6.45) is 0. The third-order valence-electron chi connectivity index (χ3n) is 2.21. The molecule has 0 unspecified atom stereocenters. The van der Waals surface area contributed by atoms with Gasteiger partial charge in [-0.05, 0) is 32.3 Å². The van der Waals surface area contributed by atoms with Gasteiger partial charge < -0.3 is 21.7 Å². The SMILES string of the molecule is CN(C)CCNc1ccc(C(N)=O)cc1N. The highest BCUT2D eigenvalue weighted by atomic mass is 16.1. The van der Waals surface area contributed by atoms with Crippen LogP contribution in [0.5, 0.6) is 0 Å². The van der Waals surface area contributed by atoms with Gasteiger partial charge in [-0.25, -0.2) is 0 Å². The summed E-state index contributed by atoms with van der Waals surface area (Å²) < 4.78 is 0. The Morgan fingerprint density at radius 3 is 2.62 bits per heavy atom. The number of amides is 1. The van der Waals surface area contributed by atoms with Crippen LogP contribution in [0.3, 0.4) is 0 Å². The Morgan fingerprint density at radius 2 is 2.12 bits per heavy atom. The van der Waals surface area contributed by atoms with Crippen molar-refractivity contribution in [2.75, 3.05) is 38.2 Å². The number of hydrogen-bond acceptors (Lipinski definition) is 4. The molecule has 0 radical (unpaired) electrons. The quantitative estimate of drug-likeness (QED) is 0.627. The highest BCUT2D eigenvalue weighted by Gasteiger charge is 2.04. The molecule has 1 rings (SSSR count). The Labute approximate surface area is 95.4 Å². The fourth-order valence-corrected chi connectivity index (χ4v) is 1.29. The summed E-state index contributed by atoms with van der Waals surface area (Å²) in [5, 5.41) is 3.19. The molecule has 0 atom stereocenters. The molecule has 88 valence electrons. The normalized spacial score (nSPS) is 10.4. The van der Waals surface area contributed by atoms with Crippen LogP contribution in [0.15, 0.2) is 18.2 Å². The molecule has 5 N–H and O–H groups in total. The zero-order chi connectivity index (χ0) is 12.1. The van der Waals surface area contributed by atoms with Crippen LogP contribution in [-0.2, 0) is 0 Å². The summed E-state index contributed by atoms with van der Waals surface area (Å²) in [6, 6.07) is 5.02. The zero-order valence-electron chi connectivity index (χ0n) is 9.66. The smallest absolute Gasteiger partial charge is 0.248 e. The van der Waals surface area contributed by atoms with Crippen molar-refractivity contribution in [2.45, 2.75) is 0 Å². The van der Waals surface area contributed by atoms with Crippen LogP contribution in [0.2, 0.25) is 0 Å². The number of carbonyl (C=O) groups excluding carboxylic acids is 1. The number of nitrogens with two attached hydrogens (primary N) is 2. The van der Waals surface area contributed by atoms with Gasteiger partial charge in [-0.3, -0.25) is 4.79 Å². The average Bonchev–Trinajstić information content (AvgIpc) is 2.19. The average molecular weight is 222 g/mol. The lowest BCUT2D eigenvalue weighted by Gasteiger charge is -2.13. The summed E-state index contributed by atoms with van der Waals surface area (Å²) in [5.74, 6) is -0.466. The van der Waals surface area contributed by atoms with Crippen molar-refractivity contribution in [3.63, 3.8) is 0 Å². The molecule has 0 fully saturated rings.